The first-order valence-electron chi connectivity index (χ1n) is 6.06. The molecule has 0 aromatic heterocycles. The SMILES string of the molecule is CCN(C)C(C)c1ccc2ccccc2c1O. The van der Waals surface area contributed by atoms with E-state index in [4.69, 9.17) is 0 Å². The molecule has 0 aliphatic rings. The summed E-state index contributed by atoms with van der Waals surface area (Å²) in [5.74, 6) is 0.413. The lowest BCUT2D eigenvalue weighted by Crippen LogP contribution is -2.21. The molecule has 2 aromatic carbocycles. The van der Waals surface area contributed by atoms with Gasteiger partial charge in [-0.2, -0.15) is 0 Å². The molecular formula is C15H19NO. The molecule has 90 valence electrons. The van der Waals surface area contributed by atoms with Crippen LogP contribution in [0.25, 0.3) is 10.8 Å². The average Bonchev–Trinajstić information content (AvgIpc) is 2.38. The molecule has 2 nitrogen and oxygen atoms in total. The highest BCUT2D eigenvalue weighted by Gasteiger charge is 2.15. The van der Waals surface area contributed by atoms with E-state index in [1.54, 1.807) is 0 Å². The highest BCUT2D eigenvalue weighted by Crippen LogP contribution is 2.34. The summed E-state index contributed by atoms with van der Waals surface area (Å²) in [6, 6.07) is 12.3. The number of rotatable bonds is 3. The molecule has 2 aromatic rings. The molecule has 0 aliphatic heterocycles. The minimum atomic E-state index is 0.226. The first-order valence-corrected chi connectivity index (χ1v) is 6.06. The third kappa shape index (κ3) is 2.13. The van der Waals surface area contributed by atoms with Gasteiger partial charge >= 0.3 is 0 Å². The van der Waals surface area contributed by atoms with E-state index in [2.05, 4.69) is 31.9 Å². The number of hydrogen-bond acceptors (Lipinski definition) is 2. The molecule has 1 atom stereocenters. The second-order valence-electron chi connectivity index (χ2n) is 4.47. The summed E-state index contributed by atoms with van der Waals surface area (Å²) >= 11 is 0. The van der Waals surface area contributed by atoms with Crippen LogP contribution in [0.4, 0.5) is 0 Å². The molecule has 2 rings (SSSR count). The summed E-state index contributed by atoms with van der Waals surface area (Å²) in [6.07, 6.45) is 0. The summed E-state index contributed by atoms with van der Waals surface area (Å²) in [6.45, 7) is 5.20. The molecular weight excluding hydrogens is 210 g/mol. The molecule has 1 N–H and O–H groups in total. The van der Waals surface area contributed by atoms with Crippen LogP contribution in [0.5, 0.6) is 5.75 Å². The van der Waals surface area contributed by atoms with Crippen molar-refractivity contribution in [2.45, 2.75) is 19.9 Å². The molecule has 0 radical (unpaired) electrons. The van der Waals surface area contributed by atoms with Crippen molar-refractivity contribution in [2.75, 3.05) is 13.6 Å². The summed E-state index contributed by atoms with van der Waals surface area (Å²) in [5.41, 5.74) is 0.994. The van der Waals surface area contributed by atoms with Crippen molar-refractivity contribution < 1.29 is 5.11 Å². The Morgan fingerprint density at radius 1 is 1.18 bits per heavy atom. The van der Waals surface area contributed by atoms with Gasteiger partial charge in [-0.15, -0.1) is 0 Å². The van der Waals surface area contributed by atoms with Crippen molar-refractivity contribution in [3.05, 3.63) is 42.0 Å². The lowest BCUT2D eigenvalue weighted by Gasteiger charge is -2.24. The Hall–Kier alpha value is -1.54. The van der Waals surface area contributed by atoms with E-state index in [1.165, 1.54) is 0 Å². The highest BCUT2D eigenvalue weighted by molar-refractivity contribution is 5.89. The fraction of sp³-hybridized carbons (Fsp3) is 0.333. The molecule has 0 bridgehead atoms. The van der Waals surface area contributed by atoms with Gasteiger partial charge in [-0.25, -0.2) is 0 Å². The first-order chi connectivity index (χ1) is 8.15. The zero-order valence-corrected chi connectivity index (χ0v) is 10.6. The van der Waals surface area contributed by atoms with E-state index in [1.807, 2.05) is 30.3 Å². The summed E-state index contributed by atoms with van der Waals surface area (Å²) in [4.78, 5) is 2.21. The summed E-state index contributed by atoms with van der Waals surface area (Å²) in [5, 5.41) is 12.4. The van der Waals surface area contributed by atoms with Crippen LogP contribution in [0.3, 0.4) is 0 Å². The molecule has 0 amide bonds. The quantitative estimate of drug-likeness (QED) is 0.870. The van der Waals surface area contributed by atoms with Gasteiger partial charge in [0.15, 0.2) is 0 Å². The van der Waals surface area contributed by atoms with Crippen molar-refractivity contribution >= 4 is 10.8 Å². The lowest BCUT2D eigenvalue weighted by atomic mass is 10.0. The minimum absolute atomic E-state index is 0.226. The zero-order chi connectivity index (χ0) is 12.4. The number of hydrogen-bond donors (Lipinski definition) is 1. The van der Waals surface area contributed by atoms with Crippen molar-refractivity contribution in [2.24, 2.45) is 0 Å². The predicted molar refractivity (Wildman–Crippen MR) is 72.3 cm³/mol. The van der Waals surface area contributed by atoms with E-state index in [9.17, 15) is 5.11 Å². The third-order valence-corrected chi connectivity index (χ3v) is 3.54. The molecule has 17 heavy (non-hydrogen) atoms. The second kappa shape index (κ2) is 4.76. The molecule has 0 saturated heterocycles. The molecule has 0 spiro atoms. The fourth-order valence-corrected chi connectivity index (χ4v) is 2.12. The molecule has 0 heterocycles. The van der Waals surface area contributed by atoms with Crippen LogP contribution >= 0.6 is 0 Å². The van der Waals surface area contributed by atoms with E-state index in [-0.39, 0.29) is 6.04 Å². The number of phenolic OH excluding ortho intramolecular Hbond substituents is 1. The Morgan fingerprint density at radius 2 is 1.88 bits per heavy atom. The Morgan fingerprint density at radius 3 is 2.59 bits per heavy atom. The molecule has 0 saturated carbocycles. The van der Waals surface area contributed by atoms with E-state index >= 15 is 0 Å². The van der Waals surface area contributed by atoms with Gasteiger partial charge in [0.05, 0.1) is 0 Å². The molecule has 0 fully saturated rings. The maximum atomic E-state index is 10.3. The minimum Gasteiger partial charge on any atom is -0.507 e. The number of fused-ring (bicyclic) bond motifs is 1. The van der Waals surface area contributed by atoms with E-state index in [0.717, 1.165) is 22.9 Å². The van der Waals surface area contributed by atoms with Gasteiger partial charge in [0.2, 0.25) is 0 Å². The van der Waals surface area contributed by atoms with Crippen molar-refractivity contribution in [1.29, 1.82) is 0 Å². The fourth-order valence-electron chi connectivity index (χ4n) is 2.12. The second-order valence-corrected chi connectivity index (χ2v) is 4.47. The van der Waals surface area contributed by atoms with Crippen LogP contribution in [0.2, 0.25) is 0 Å². The van der Waals surface area contributed by atoms with Crippen LogP contribution in [-0.4, -0.2) is 23.6 Å². The standard InChI is InChI=1S/C15H19NO/c1-4-16(3)11(2)13-10-9-12-7-5-6-8-14(12)15(13)17/h5-11,17H,4H2,1-3H3. The lowest BCUT2D eigenvalue weighted by molar-refractivity contribution is 0.270. The van der Waals surface area contributed by atoms with Gasteiger partial charge in [0.25, 0.3) is 0 Å². The average molecular weight is 229 g/mol. The Kier molecular flexibility index (Phi) is 3.34. The molecule has 1 unspecified atom stereocenters. The van der Waals surface area contributed by atoms with Crippen LogP contribution in [0, 0.1) is 0 Å². The Labute approximate surface area is 102 Å². The first kappa shape index (κ1) is 11.9. The molecule has 0 aliphatic carbocycles. The van der Waals surface area contributed by atoms with E-state index < -0.39 is 0 Å². The van der Waals surface area contributed by atoms with Crippen LogP contribution in [-0.2, 0) is 0 Å². The van der Waals surface area contributed by atoms with E-state index in [0.29, 0.717) is 5.75 Å². The third-order valence-electron chi connectivity index (χ3n) is 3.54. The van der Waals surface area contributed by atoms with Crippen molar-refractivity contribution in [3.8, 4) is 5.75 Å². The van der Waals surface area contributed by atoms with Gasteiger partial charge in [-0.05, 0) is 25.9 Å². The van der Waals surface area contributed by atoms with Gasteiger partial charge in [0.1, 0.15) is 5.75 Å². The maximum absolute atomic E-state index is 10.3. The summed E-state index contributed by atoms with van der Waals surface area (Å²) in [7, 11) is 2.07. The van der Waals surface area contributed by atoms with Gasteiger partial charge in [-0.3, -0.25) is 4.90 Å². The van der Waals surface area contributed by atoms with Crippen molar-refractivity contribution in [3.63, 3.8) is 0 Å². The predicted octanol–water partition coefficient (Wildman–Crippen LogP) is 3.56. The largest absolute Gasteiger partial charge is 0.507 e. The van der Waals surface area contributed by atoms with Gasteiger partial charge < -0.3 is 5.11 Å². The van der Waals surface area contributed by atoms with Crippen LogP contribution in [0.1, 0.15) is 25.5 Å². The monoisotopic (exact) mass is 229 g/mol. The van der Waals surface area contributed by atoms with Gasteiger partial charge in [-0.1, -0.05) is 43.3 Å². The Bertz CT molecular complexity index is 521. The number of benzene rings is 2. The number of nitrogens with zero attached hydrogens (tertiary/aromatic N) is 1. The maximum Gasteiger partial charge on any atom is 0.128 e. The van der Waals surface area contributed by atoms with Crippen molar-refractivity contribution in [1.82, 2.24) is 4.90 Å². The normalized spacial score (nSPS) is 13.2. The summed E-state index contributed by atoms with van der Waals surface area (Å²) < 4.78 is 0. The van der Waals surface area contributed by atoms with Gasteiger partial charge in [0, 0.05) is 17.0 Å². The number of phenols is 1. The zero-order valence-electron chi connectivity index (χ0n) is 10.6. The highest BCUT2D eigenvalue weighted by atomic mass is 16.3. The number of aromatic hydroxyl groups is 1. The Balaban J connectivity index is 2.52. The van der Waals surface area contributed by atoms with Crippen LogP contribution in [0.15, 0.2) is 36.4 Å². The molecule has 2 heteroatoms. The smallest absolute Gasteiger partial charge is 0.128 e. The van der Waals surface area contributed by atoms with Crippen LogP contribution < -0.4 is 0 Å². The topological polar surface area (TPSA) is 23.5 Å².